The predicted molar refractivity (Wildman–Crippen MR) is 103 cm³/mol. The van der Waals surface area contributed by atoms with E-state index in [-0.39, 0.29) is 40.9 Å². The minimum atomic E-state index is -0.235. The van der Waals surface area contributed by atoms with Gasteiger partial charge in [-0.1, -0.05) is 13.8 Å². The molecule has 0 aromatic rings. The van der Waals surface area contributed by atoms with Crippen molar-refractivity contribution in [2.45, 2.75) is 91.3 Å². The smallest absolute Gasteiger partial charge is 0.302 e. The molecule has 0 bridgehead atoms. The molecule has 0 amide bonds. The van der Waals surface area contributed by atoms with Crippen LogP contribution in [-0.2, 0) is 23.9 Å². The van der Waals surface area contributed by atoms with Gasteiger partial charge in [0.05, 0.1) is 0 Å². The molecule has 0 aromatic heterocycles. The van der Waals surface area contributed by atoms with Gasteiger partial charge in [0.15, 0.2) is 0 Å². The molecule has 5 nitrogen and oxygen atoms in total. The first-order valence-corrected chi connectivity index (χ1v) is 11.0. The summed E-state index contributed by atoms with van der Waals surface area (Å²) in [6.07, 6.45) is 7.24. The van der Waals surface area contributed by atoms with E-state index in [1.165, 1.54) is 13.8 Å². The highest BCUT2D eigenvalue weighted by atomic mass is 16.5. The maximum atomic E-state index is 13.5. The Morgan fingerprint density at radius 1 is 0.929 bits per heavy atom. The summed E-state index contributed by atoms with van der Waals surface area (Å²) < 4.78 is 11.2. The van der Waals surface area contributed by atoms with Gasteiger partial charge in [-0.15, -0.1) is 0 Å². The number of rotatable bonds is 2. The number of esters is 2. The topological polar surface area (TPSA) is 69.7 Å². The minimum absolute atomic E-state index is 0.0101. The highest BCUT2D eigenvalue weighted by Crippen LogP contribution is 2.65. The van der Waals surface area contributed by atoms with Crippen LogP contribution in [0.4, 0.5) is 0 Å². The summed E-state index contributed by atoms with van der Waals surface area (Å²) >= 11 is 0. The fraction of sp³-hybridized carbons (Fsp3) is 0.870. The lowest BCUT2D eigenvalue weighted by Gasteiger charge is -2.59. The first-order chi connectivity index (χ1) is 13.1. The van der Waals surface area contributed by atoms with Crippen LogP contribution in [0.5, 0.6) is 0 Å². The summed E-state index contributed by atoms with van der Waals surface area (Å²) in [6.45, 7) is 7.45. The molecule has 0 spiro atoms. The first-order valence-electron chi connectivity index (χ1n) is 11.0. The highest BCUT2D eigenvalue weighted by molar-refractivity contribution is 5.84. The molecular weight excluding hydrogens is 356 g/mol. The van der Waals surface area contributed by atoms with Crippen LogP contribution >= 0.6 is 0 Å². The summed E-state index contributed by atoms with van der Waals surface area (Å²) in [4.78, 5) is 36.5. The standard InChI is InChI=1S/C23H34O5/c1-13(24)27-16-9-10-22(3)15(11-16)5-6-17-18-7-8-20(28-14(2)25)23(18,4)12-19(26)21(17)22/h15-18,20-21H,5-12H2,1-4H3/t15-,16+,17-,18-,20-,21+,22-,23-/m0/s1. The van der Waals surface area contributed by atoms with E-state index in [1.54, 1.807) is 0 Å². The lowest BCUT2D eigenvalue weighted by Crippen LogP contribution is -2.58. The number of hydrogen-bond donors (Lipinski definition) is 0. The number of hydrogen-bond acceptors (Lipinski definition) is 5. The molecule has 0 saturated heterocycles. The second-order valence-electron chi connectivity index (χ2n) is 10.4. The van der Waals surface area contributed by atoms with Crippen molar-refractivity contribution in [2.75, 3.05) is 0 Å². The van der Waals surface area contributed by atoms with Crippen molar-refractivity contribution in [3.05, 3.63) is 0 Å². The van der Waals surface area contributed by atoms with Crippen LogP contribution in [0.15, 0.2) is 0 Å². The van der Waals surface area contributed by atoms with Crippen LogP contribution in [0.3, 0.4) is 0 Å². The third-order valence-corrected chi connectivity index (χ3v) is 8.85. The largest absolute Gasteiger partial charge is 0.463 e. The van der Waals surface area contributed by atoms with E-state index < -0.39 is 0 Å². The maximum Gasteiger partial charge on any atom is 0.302 e. The molecule has 4 fully saturated rings. The molecule has 0 heterocycles. The molecule has 0 radical (unpaired) electrons. The van der Waals surface area contributed by atoms with Crippen LogP contribution in [-0.4, -0.2) is 29.9 Å². The average Bonchev–Trinajstić information content (AvgIpc) is 2.90. The molecule has 4 saturated carbocycles. The summed E-state index contributed by atoms with van der Waals surface area (Å²) in [5.41, 5.74) is -0.195. The fourth-order valence-corrected chi connectivity index (χ4v) is 7.73. The molecule has 0 aliphatic heterocycles. The van der Waals surface area contributed by atoms with Gasteiger partial charge in [-0.05, 0) is 68.1 Å². The van der Waals surface area contributed by atoms with E-state index >= 15 is 0 Å². The van der Waals surface area contributed by atoms with Gasteiger partial charge < -0.3 is 9.47 Å². The maximum absolute atomic E-state index is 13.5. The first kappa shape index (κ1) is 19.9. The molecule has 4 rings (SSSR count). The van der Waals surface area contributed by atoms with Crippen molar-refractivity contribution in [3.8, 4) is 0 Å². The third-order valence-electron chi connectivity index (χ3n) is 8.85. The van der Waals surface area contributed by atoms with Gasteiger partial charge in [0.25, 0.3) is 0 Å². The molecule has 4 aliphatic rings. The van der Waals surface area contributed by atoms with Crippen LogP contribution in [0.25, 0.3) is 0 Å². The van der Waals surface area contributed by atoms with Gasteiger partial charge in [0, 0.05) is 31.6 Å². The van der Waals surface area contributed by atoms with Crippen LogP contribution in [0, 0.1) is 34.5 Å². The zero-order chi connectivity index (χ0) is 20.3. The van der Waals surface area contributed by atoms with Crippen LogP contribution < -0.4 is 0 Å². The second-order valence-corrected chi connectivity index (χ2v) is 10.4. The highest BCUT2D eigenvalue weighted by Gasteiger charge is 2.64. The van der Waals surface area contributed by atoms with Crippen LogP contribution in [0.2, 0.25) is 0 Å². The van der Waals surface area contributed by atoms with Crippen molar-refractivity contribution in [1.82, 2.24) is 0 Å². The Kier molecular flexibility index (Phi) is 4.86. The van der Waals surface area contributed by atoms with Gasteiger partial charge in [0.2, 0.25) is 0 Å². The molecule has 8 atom stereocenters. The average molecular weight is 391 g/mol. The Labute approximate surface area is 167 Å². The Morgan fingerprint density at radius 3 is 2.32 bits per heavy atom. The van der Waals surface area contributed by atoms with E-state index in [0.29, 0.717) is 30.0 Å². The summed E-state index contributed by atoms with van der Waals surface area (Å²) in [5, 5.41) is 0. The van der Waals surface area contributed by atoms with Crippen molar-refractivity contribution in [2.24, 2.45) is 34.5 Å². The van der Waals surface area contributed by atoms with Gasteiger partial charge in [-0.25, -0.2) is 0 Å². The lowest BCUT2D eigenvalue weighted by molar-refractivity contribution is -0.175. The monoisotopic (exact) mass is 390 g/mol. The summed E-state index contributed by atoms with van der Waals surface area (Å²) in [6, 6.07) is 0. The Morgan fingerprint density at radius 2 is 1.64 bits per heavy atom. The molecule has 28 heavy (non-hydrogen) atoms. The molecule has 0 N–H and O–H groups in total. The van der Waals surface area contributed by atoms with E-state index in [4.69, 9.17) is 9.47 Å². The number of ether oxygens (including phenoxy) is 2. The minimum Gasteiger partial charge on any atom is -0.463 e. The second kappa shape index (κ2) is 6.84. The number of ketones is 1. The molecular formula is C23H34O5. The van der Waals surface area contributed by atoms with Crippen molar-refractivity contribution in [3.63, 3.8) is 0 Å². The summed E-state index contributed by atoms with van der Waals surface area (Å²) in [5.74, 6) is 1.36. The van der Waals surface area contributed by atoms with Gasteiger partial charge in [0.1, 0.15) is 18.0 Å². The molecule has 0 aromatic carbocycles. The zero-order valence-electron chi connectivity index (χ0n) is 17.7. The Hall–Kier alpha value is -1.39. The zero-order valence-corrected chi connectivity index (χ0v) is 17.7. The number of fused-ring (bicyclic) bond motifs is 5. The van der Waals surface area contributed by atoms with E-state index in [1.807, 2.05) is 0 Å². The SMILES string of the molecule is CC(=O)O[C@@H]1CC[C@@]2(C)[C@@H](CC[C@H]3[C@@H]4CC[C@H](OC(C)=O)[C@@]4(C)CC(=O)[C@@H]32)C1. The van der Waals surface area contributed by atoms with Crippen LogP contribution in [0.1, 0.15) is 79.1 Å². The van der Waals surface area contributed by atoms with Crippen molar-refractivity contribution >= 4 is 17.7 Å². The quantitative estimate of drug-likeness (QED) is 0.665. The predicted octanol–water partition coefficient (Wildman–Crippen LogP) is 4.07. The van der Waals surface area contributed by atoms with E-state index in [9.17, 15) is 14.4 Å². The Balaban J connectivity index is 1.57. The van der Waals surface area contributed by atoms with Crippen molar-refractivity contribution < 1.29 is 23.9 Å². The normalized spacial score (nSPS) is 47.5. The molecule has 5 heteroatoms. The molecule has 156 valence electrons. The number of Topliss-reactive ketones (excluding diaryl/α,β-unsaturated/α-hetero) is 1. The molecule has 0 unspecified atom stereocenters. The van der Waals surface area contributed by atoms with Gasteiger partial charge in [-0.2, -0.15) is 0 Å². The number of carbonyl (C=O) groups is 3. The van der Waals surface area contributed by atoms with E-state index in [2.05, 4.69) is 13.8 Å². The fourth-order valence-electron chi connectivity index (χ4n) is 7.73. The van der Waals surface area contributed by atoms with Gasteiger partial charge >= 0.3 is 11.9 Å². The lowest BCUT2D eigenvalue weighted by atomic mass is 9.44. The van der Waals surface area contributed by atoms with E-state index in [0.717, 1.165) is 44.9 Å². The summed E-state index contributed by atoms with van der Waals surface area (Å²) in [7, 11) is 0. The van der Waals surface area contributed by atoms with Gasteiger partial charge in [-0.3, -0.25) is 14.4 Å². The van der Waals surface area contributed by atoms with Crippen molar-refractivity contribution in [1.29, 1.82) is 0 Å². The molecule has 4 aliphatic carbocycles. The number of carbonyl (C=O) groups excluding carboxylic acids is 3. The third kappa shape index (κ3) is 3.00. The Bertz CT molecular complexity index is 686.